The van der Waals surface area contributed by atoms with Crippen LogP contribution in [0.1, 0.15) is 21.9 Å². The Morgan fingerprint density at radius 1 is 1.17 bits per heavy atom. The predicted molar refractivity (Wildman–Crippen MR) is 112 cm³/mol. The average Bonchev–Trinajstić information content (AvgIpc) is 3.03. The summed E-state index contributed by atoms with van der Waals surface area (Å²) in [7, 11) is -2.80. The van der Waals surface area contributed by atoms with E-state index < -0.39 is 21.8 Å². The summed E-state index contributed by atoms with van der Waals surface area (Å²) >= 11 is 5.34. The number of hydrogen-bond donors (Lipinski definition) is 1. The van der Waals surface area contributed by atoms with Crippen molar-refractivity contribution in [2.75, 3.05) is 38.6 Å². The van der Waals surface area contributed by atoms with Crippen molar-refractivity contribution in [3.63, 3.8) is 0 Å². The van der Waals surface area contributed by atoms with E-state index in [0.29, 0.717) is 18.2 Å². The van der Waals surface area contributed by atoms with Crippen LogP contribution in [0.5, 0.6) is 0 Å². The Balaban J connectivity index is 1.74. The van der Waals surface area contributed by atoms with Gasteiger partial charge < -0.3 is 19.4 Å². The number of anilines is 1. The number of nitrogens with one attached hydrogen (secondary N) is 1. The molecular formula is C19H22FN3O5S2. The molecule has 0 saturated carbocycles. The third-order valence-corrected chi connectivity index (χ3v) is 7.25. The molecule has 1 aliphatic heterocycles. The van der Waals surface area contributed by atoms with Gasteiger partial charge >= 0.3 is 5.97 Å². The maximum atomic E-state index is 13.8. The number of esters is 1. The van der Waals surface area contributed by atoms with Gasteiger partial charge in [0, 0.05) is 26.2 Å². The van der Waals surface area contributed by atoms with Gasteiger partial charge in [-0.2, -0.15) is 4.31 Å². The summed E-state index contributed by atoms with van der Waals surface area (Å²) in [4.78, 5) is 13.7. The summed E-state index contributed by atoms with van der Waals surface area (Å²) in [5.74, 6) is -0.877. The number of furan rings is 1. The van der Waals surface area contributed by atoms with Crippen molar-refractivity contribution >= 4 is 39.0 Å². The zero-order valence-electron chi connectivity index (χ0n) is 16.8. The molecule has 162 valence electrons. The molecule has 30 heavy (non-hydrogen) atoms. The fraction of sp³-hybridized carbons (Fsp3) is 0.368. The van der Waals surface area contributed by atoms with Gasteiger partial charge in [-0.25, -0.2) is 17.6 Å². The number of ether oxygens (including phenoxy) is 1. The van der Waals surface area contributed by atoms with Gasteiger partial charge in [0.2, 0.25) is 10.0 Å². The highest BCUT2D eigenvalue weighted by molar-refractivity contribution is 7.89. The molecule has 1 N–H and O–H groups in total. The van der Waals surface area contributed by atoms with Crippen LogP contribution in [-0.4, -0.2) is 62.0 Å². The van der Waals surface area contributed by atoms with Crippen LogP contribution in [0.4, 0.5) is 10.1 Å². The number of rotatable bonds is 4. The fourth-order valence-electron chi connectivity index (χ4n) is 3.33. The SMILES string of the molecule is COC(=O)c1c(C)oc(C)c1S(=O)(=O)N1CCN(C(=S)Nc2ccccc2F)CC1. The lowest BCUT2D eigenvalue weighted by Crippen LogP contribution is -2.51. The van der Waals surface area contributed by atoms with Crippen molar-refractivity contribution in [1.29, 1.82) is 0 Å². The molecule has 1 aliphatic rings. The van der Waals surface area contributed by atoms with Gasteiger partial charge in [0.05, 0.1) is 12.8 Å². The standard InChI is InChI=1S/C19H22FN3O5S2/c1-12-16(18(24)27-3)17(13(2)28-12)30(25,26)23-10-8-22(9-11-23)19(29)21-15-7-5-4-6-14(15)20/h4-7H,8-11H2,1-3H3,(H,21,29). The molecule has 2 heterocycles. The lowest BCUT2D eigenvalue weighted by atomic mass is 10.2. The summed E-state index contributed by atoms with van der Waals surface area (Å²) in [5.41, 5.74) is 0.166. The van der Waals surface area contributed by atoms with Crippen molar-refractivity contribution in [3.8, 4) is 0 Å². The zero-order valence-corrected chi connectivity index (χ0v) is 18.4. The van der Waals surface area contributed by atoms with Crippen LogP contribution in [0.25, 0.3) is 0 Å². The van der Waals surface area contributed by atoms with E-state index in [1.165, 1.54) is 31.3 Å². The minimum atomic E-state index is -3.98. The first-order valence-electron chi connectivity index (χ1n) is 9.15. The van der Waals surface area contributed by atoms with Crippen molar-refractivity contribution in [2.24, 2.45) is 0 Å². The first-order chi connectivity index (χ1) is 14.2. The molecule has 0 atom stereocenters. The number of benzene rings is 1. The summed E-state index contributed by atoms with van der Waals surface area (Å²) in [6.45, 7) is 3.92. The Hall–Kier alpha value is -2.50. The average molecular weight is 456 g/mol. The van der Waals surface area contributed by atoms with Crippen LogP contribution < -0.4 is 5.32 Å². The smallest absolute Gasteiger partial charge is 0.342 e. The highest BCUT2D eigenvalue weighted by atomic mass is 32.2. The van der Waals surface area contributed by atoms with E-state index in [4.69, 9.17) is 21.4 Å². The molecule has 1 fully saturated rings. The number of halogens is 1. The van der Waals surface area contributed by atoms with Crippen molar-refractivity contribution in [3.05, 3.63) is 47.2 Å². The van der Waals surface area contributed by atoms with Gasteiger partial charge in [-0.05, 0) is 38.2 Å². The van der Waals surface area contributed by atoms with E-state index in [9.17, 15) is 17.6 Å². The van der Waals surface area contributed by atoms with Crippen LogP contribution in [0.2, 0.25) is 0 Å². The molecule has 0 aliphatic carbocycles. The van der Waals surface area contributed by atoms with Gasteiger partial charge in [-0.15, -0.1) is 0 Å². The summed E-state index contributed by atoms with van der Waals surface area (Å²) in [6.07, 6.45) is 0. The number of piperazine rings is 1. The second-order valence-corrected chi connectivity index (χ2v) is 8.97. The molecule has 1 saturated heterocycles. The number of aryl methyl sites for hydroxylation is 2. The normalized spacial score (nSPS) is 15.1. The molecule has 11 heteroatoms. The first-order valence-corrected chi connectivity index (χ1v) is 11.0. The number of methoxy groups -OCH3 is 1. The second-order valence-electron chi connectivity index (χ2n) is 6.71. The highest BCUT2D eigenvalue weighted by Gasteiger charge is 2.37. The summed E-state index contributed by atoms with van der Waals surface area (Å²) < 4.78 is 51.7. The third-order valence-electron chi connectivity index (χ3n) is 4.83. The van der Waals surface area contributed by atoms with E-state index in [0.717, 1.165) is 0 Å². The molecule has 0 amide bonds. The van der Waals surface area contributed by atoms with Crippen LogP contribution >= 0.6 is 12.2 Å². The van der Waals surface area contributed by atoms with E-state index >= 15 is 0 Å². The first kappa shape index (κ1) is 22.2. The molecule has 1 aromatic carbocycles. The van der Waals surface area contributed by atoms with Gasteiger partial charge in [-0.1, -0.05) is 12.1 Å². The van der Waals surface area contributed by atoms with Gasteiger partial charge in [-0.3, -0.25) is 0 Å². The largest absolute Gasteiger partial charge is 0.465 e. The Morgan fingerprint density at radius 2 is 1.80 bits per heavy atom. The minimum Gasteiger partial charge on any atom is -0.465 e. The van der Waals surface area contributed by atoms with Crippen LogP contribution in [0, 0.1) is 19.7 Å². The quantitative estimate of drug-likeness (QED) is 0.556. The number of nitrogens with zero attached hydrogens (tertiary/aromatic N) is 2. The molecule has 0 spiro atoms. The molecule has 2 aromatic rings. The molecule has 0 bridgehead atoms. The van der Waals surface area contributed by atoms with Gasteiger partial charge in [0.1, 0.15) is 27.8 Å². The molecule has 1 aromatic heterocycles. The van der Waals surface area contributed by atoms with Crippen LogP contribution in [0.3, 0.4) is 0 Å². The Kier molecular flexibility index (Phi) is 6.44. The monoisotopic (exact) mass is 455 g/mol. The molecule has 0 unspecified atom stereocenters. The molecule has 3 rings (SSSR count). The van der Waals surface area contributed by atoms with Crippen molar-refractivity contribution in [2.45, 2.75) is 18.7 Å². The highest BCUT2D eigenvalue weighted by Crippen LogP contribution is 2.30. The number of thiocarbonyl (C=S) groups is 1. The number of sulfonamides is 1. The second kappa shape index (κ2) is 8.70. The van der Waals surface area contributed by atoms with Crippen molar-refractivity contribution < 1.29 is 26.8 Å². The lowest BCUT2D eigenvalue weighted by Gasteiger charge is -2.35. The number of carbonyl (C=O) groups is 1. The molecule has 8 nitrogen and oxygen atoms in total. The Labute approximate surface area is 179 Å². The third kappa shape index (κ3) is 4.18. The lowest BCUT2D eigenvalue weighted by molar-refractivity contribution is 0.0594. The Morgan fingerprint density at radius 3 is 2.40 bits per heavy atom. The molecular weight excluding hydrogens is 433 g/mol. The Bertz CT molecular complexity index is 1080. The summed E-state index contributed by atoms with van der Waals surface area (Å²) in [6, 6.07) is 6.16. The van der Waals surface area contributed by atoms with Crippen LogP contribution in [0.15, 0.2) is 33.6 Å². The van der Waals surface area contributed by atoms with Crippen LogP contribution in [-0.2, 0) is 14.8 Å². The topological polar surface area (TPSA) is 92.1 Å². The van der Waals surface area contributed by atoms with Gasteiger partial charge in [0.25, 0.3) is 0 Å². The van der Waals surface area contributed by atoms with E-state index in [1.807, 2.05) is 0 Å². The van der Waals surface area contributed by atoms with E-state index in [2.05, 4.69) is 5.32 Å². The van der Waals surface area contributed by atoms with E-state index in [1.54, 1.807) is 23.1 Å². The number of para-hydroxylation sites is 1. The minimum absolute atomic E-state index is 0.0887. The predicted octanol–water partition coefficient (Wildman–Crippen LogP) is 2.53. The fourth-order valence-corrected chi connectivity index (χ4v) is 5.41. The number of hydrogen-bond acceptors (Lipinski definition) is 6. The number of carbonyl (C=O) groups excluding carboxylic acids is 1. The summed E-state index contributed by atoms with van der Waals surface area (Å²) in [5, 5.41) is 3.16. The van der Waals surface area contributed by atoms with Crippen molar-refractivity contribution in [1.82, 2.24) is 9.21 Å². The zero-order chi connectivity index (χ0) is 22.1. The maximum absolute atomic E-state index is 13.8. The van der Waals surface area contributed by atoms with E-state index in [-0.39, 0.29) is 40.8 Å². The van der Waals surface area contributed by atoms with Gasteiger partial charge in [0.15, 0.2) is 5.11 Å². The maximum Gasteiger partial charge on any atom is 0.342 e. The molecule has 0 radical (unpaired) electrons.